The van der Waals surface area contributed by atoms with Crippen LogP contribution in [0.4, 0.5) is 13.2 Å². The van der Waals surface area contributed by atoms with Crippen molar-refractivity contribution in [2.45, 2.75) is 83.6 Å². The molecule has 0 N–H and O–H groups in total. The SMILES string of the molecule is C/C=C/C(CC(CCC)C(F)(F)F)OC1CCCCC1. The van der Waals surface area contributed by atoms with Crippen molar-refractivity contribution in [1.29, 1.82) is 0 Å². The molecule has 0 aromatic carbocycles. The second-order valence-electron chi connectivity index (χ2n) is 5.72. The molecule has 0 aromatic rings. The molecule has 0 spiro atoms. The van der Waals surface area contributed by atoms with E-state index in [0.717, 1.165) is 25.7 Å². The molecule has 2 unspecified atom stereocenters. The summed E-state index contributed by atoms with van der Waals surface area (Å²) in [6, 6.07) is 0. The van der Waals surface area contributed by atoms with Gasteiger partial charge in [-0.3, -0.25) is 0 Å². The van der Waals surface area contributed by atoms with E-state index in [9.17, 15) is 13.2 Å². The van der Waals surface area contributed by atoms with Gasteiger partial charge < -0.3 is 4.74 Å². The molecule has 20 heavy (non-hydrogen) atoms. The van der Waals surface area contributed by atoms with Crippen LogP contribution >= 0.6 is 0 Å². The number of alkyl halides is 3. The normalized spacial score (nSPS) is 21.2. The summed E-state index contributed by atoms with van der Waals surface area (Å²) in [5.74, 6) is -1.25. The second kappa shape index (κ2) is 8.71. The zero-order valence-corrected chi connectivity index (χ0v) is 12.6. The molecule has 2 atom stereocenters. The highest BCUT2D eigenvalue weighted by atomic mass is 19.4. The third-order valence-electron chi connectivity index (χ3n) is 3.94. The molecule has 0 radical (unpaired) electrons. The Balaban J connectivity index is 2.59. The van der Waals surface area contributed by atoms with Crippen LogP contribution in [-0.2, 0) is 4.74 Å². The Morgan fingerprint density at radius 3 is 2.35 bits per heavy atom. The third kappa shape index (κ3) is 6.29. The van der Waals surface area contributed by atoms with E-state index in [2.05, 4.69) is 0 Å². The van der Waals surface area contributed by atoms with E-state index in [1.54, 1.807) is 19.1 Å². The van der Waals surface area contributed by atoms with Crippen molar-refractivity contribution in [2.75, 3.05) is 0 Å². The molecule has 1 rings (SSSR count). The Kier molecular flexibility index (Phi) is 7.63. The number of ether oxygens (including phenoxy) is 1. The molecule has 1 aliphatic rings. The van der Waals surface area contributed by atoms with E-state index in [1.807, 2.05) is 6.92 Å². The minimum absolute atomic E-state index is 0.0538. The van der Waals surface area contributed by atoms with E-state index in [-0.39, 0.29) is 18.9 Å². The van der Waals surface area contributed by atoms with E-state index < -0.39 is 18.2 Å². The minimum atomic E-state index is -4.12. The number of hydrogen-bond acceptors (Lipinski definition) is 1. The Morgan fingerprint density at radius 1 is 1.20 bits per heavy atom. The average Bonchev–Trinajstić information content (AvgIpc) is 2.38. The van der Waals surface area contributed by atoms with Crippen molar-refractivity contribution in [1.82, 2.24) is 0 Å². The van der Waals surface area contributed by atoms with Crippen LogP contribution in [0.5, 0.6) is 0 Å². The zero-order valence-electron chi connectivity index (χ0n) is 12.6. The summed E-state index contributed by atoms with van der Waals surface area (Å²) < 4.78 is 44.9. The van der Waals surface area contributed by atoms with Crippen molar-refractivity contribution in [3.8, 4) is 0 Å². The van der Waals surface area contributed by atoms with Gasteiger partial charge in [0.25, 0.3) is 0 Å². The zero-order chi connectivity index (χ0) is 15.0. The van der Waals surface area contributed by atoms with Gasteiger partial charge in [-0.25, -0.2) is 0 Å². The van der Waals surface area contributed by atoms with E-state index in [4.69, 9.17) is 4.74 Å². The fourth-order valence-electron chi connectivity index (χ4n) is 2.89. The molecule has 4 heteroatoms. The molecular weight excluding hydrogens is 265 g/mol. The highest BCUT2D eigenvalue weighted by molar-refractivity contribution is 4.90. The van der Waals surface area contributed by atoms with Gasteiger partial charge in [0.05, 0.1) is 18.1 Å². The first-order valence-electron chi connectivity index (χ1n) is 7.82. The predicted molar refractivity (Wildman–Crippen MR) is 75.6 cm³/mol. The first-order chi connectivity index (χ1) is 9.47. The average molecular weight is 292 g/mol. The van der Waals surface area contributed by atoms with Crippen molar-refractivity contribution in [3.63, 3.8) is 0 Å². The van der Waals surface area contributed by atoms with Crippen LogP contribution in [0.25, 0.3) is 0 Å². The van der Waals surface area contributed by atoms with Crippen molar-refractivity contribution >= 4 is 0 Å². The van der Waals surface area contributed by atoms with Crippen LogP contribution in [0.15, 0.2) is 12.2 Å². The lowest BCUT2D eigenvalue weighted by Gasteiger charge is -2.29. The summed E-state index contributed by atoms with van der Waals surface area (Å²) in [6.07, 6.45) is 5.44. The van der Waals surface area contributed by atoms with Gasteiger partial charge in [0.15, 0.2) is 0 Å². The van der Waals surface area contributed by atoms with E-state index in [1.165, 1.54) is 6.42 Å². The summed E-state index contributed by atoms with van der Waals surface area (Å²) in [7, 11) is 0. The fourth-order valence-corrected chi connectivity index (χ4v) is 2.89. The Morgan fingerprint density at radius 2 is 1.85 bits per heavy atom. The molecule has 1 nitrogen and oxygen atoms in total. The molecule has 1 aliphatic carbocycles. The molecule has 0 aliphatic heterocycles. The van der Waals surface area contributed by atoms with Gasteiger partial charge in [0, 0.05) is 0 Å². The van der Waals surface area contributed by atoms with Crippen LogP contribution < -0.4 is 0 Å². The quantitative estimate of drug-likeness (QED) is 0.551. The first-order valence-corrected chi connectivity index (χ1v) is 7.82. The van der Waals surface area contributed by atoms with Crippen LogP contribution in [0.1, 0.15) is 65.2 Å². The Bertz CT molecular complexity index is 280. The molecule has 1 fully saturated rings. The Labute approximate surface area is 120 Å². The predicted octanol–water partition coefficient (Wildman–Crippen LogP) is 5.65. The van der Waals surface area contributed by atoms with Gasteiger partial charge in [-0.05, 0) is 32.6 Å². The van der Waals surface area contributed by atoms with Gasteiger partial charge in [-0.15, -0.1) is 0 Å². The maximum Gasteiger partial charge on any atom is 0.391 e. The number of rotatable bonds is 7. The maximum atomic E-state index is 13.0. The van der Waals surface area contributed by atoms with Crippen molar-refractivity contribution in [3.05, 3.63) is 12.2 Å². The van der Waals surface area contributed by atoms with Crippen LogP contribution in [0, 0.1) is 5.92 Å². The maximum absolute atomic E-state index is 13.0. The lowest BCUT2D eigenvalue weighted by atomic mass is 9.94. The standard InChI is InChI=1S/C16H27F3O/c1-3-8-13(16(17,18)19)12-15(9-4-2)20-14-10-6-5-7-11-14/h4,9,13-15H,3,5-8,10-12H2,1-2H3/b9-4+. The van der Waals surface area contributed by atoms with Gasteiger partial charge >= 0.3 is 6.18 Å². The minimum Gasteiger partial charge on any atom is -0.371 e. The fraction of sp³-hybridized carbons (Fsp3) is 0.875. The van der Waals surface area contributed by atoms with Gasteiger partial charge in [-0.2, -0.15) is 13.2 Å². The van der Waals surface area contributed by atoms with E-state index >= 15 is 0 Å². The lowest BCUT2D eigenvalue weighted by molar-refractivity contribution is -0.185. The molecule has 0 saturated heterocycles. The second-order valence-corrected chi connectivity index (χ2v) is 5.72. The monoisotopic (exact) mass is 292 g/mol. The van der Waals surface area contributed by atoms with Gasteiger partial charge in [0.2, 0.25) is 0 Å². The molecule has 0 heterocycles. The van der Waals surface area contributed by atoms with Gasteiger partial charge in [-0.1, -0.05) is 44.8 Å². The van der Waals surface area contributed by atoms with Crippen LogP contribution in [0.2, 0.25) is 0 Å². The van der Waals surface area contributed by atoms with Crippen molar-refractivity contribution in [2.24, 2.45) is 5.92 Å². The molecular formula is C16H27F3O. The van der Waals surface area contributed by atoms with E-state index in [0.29, 0.717) is 6.42 Å². The smallest absolute Gasteiger partial charge is 0.371 e. The topological polar surface area (TPSA) is 9.23 Å². The van der Waals surface area contributed by atoms with Crippen molar-refractivity contribution < 1.29 is 17.9 Å². The number of halogens is 3. The Hall–Kier alpha value is -0.510. The molecule has 118 valence electrons. The summed E-state index contributed by atoms with van der Waals surface area (Å²) in [4.78, 5) is 0. The highest BCUT2D eigenvalue weighted by Crippen LogP contribution is 2.35. The number of hydrogen-bond donors (Lipinski definition) is 0. The molecule has 0 bridgehead atoms. The number of allylic oxidation sites excluding steroid dienone is 1. The van der Waals surface area contributed by atoms with Crippen LogP contribution in [0.3, 0.4) is 0 Å². The summed E-state index contributed by atoms with van der Waals surface area (Å²) in [6.45, 7) is 3.63. The summed E-state index contributed by atoms with van der Waals surface area (Å²) >= 11 is 0. The summed E-state index contributed by atoms with van der Waals surface area (Å²) in [5, 5.41) is 0. The molecule has 0 amide bonds. The molecule has 0 aromatic heterocycles. The highest BCUT2D eigenvalue weighted by Gasteiger charge is 2.40. The van der Waals surface area contributed by atoms with Crippen LogP contribution in [-0.4, -0.2) is 18.4 Å². The molecule has 1 saturated carbocycles. The first kappa shape index (κ1) is 17.5. The van der Waals surface area contributed by atoms with Gasteiger partial charge in [0.1, 0.15) is 0 Å². The largest absolute Gasteiger partial charge is 0.391 e. The lowest BCUT2D eigenvalue weighted by Crippen LogP contribution is -2.30. The third-order valence-corrected chi connectivity index (χ3v) is 3.94. The summed E-state index contributed by atoms with van der Waals surface area (Å²) in [5.41, 5.74) is 0.